The summed E-state index contributed by atoms with van der Waals surface area (Å²) in [6.07, 6.45) is 0. The predicted octanol–water partition coefficient (Wildman–Crippen LogP) is 3.68. The number of benzene rings is 2. The number of para-hydroxylation sites is 1. The minimum atomic E-state index is -1.60. The first-order valence-corrected chi connectivity index (χ1v) is 4.89. The third-order valence-electron chi connectivity index (χ3n) is 2.40. The van der Waals surface area contributed by atoms with Crippen LogP contribution in [0.1, 0.15) is 0 Å². The van der Waals surface area contributed by atoms with E-state index < -0.39 is 22.4 Å². The molecule has 0 radical (unpaired) electrons. The second-order valence-electron chi connectivity index (χ2n) is 3.53. The molecule has 2 rings (SSSR count). The van der Waals surface area contributed by atoms with E-state index >= 15 is 0 Å². The molecule has 0 heterocycles. The zero-order valence-corrected chi connectivity index (χ0v) is 11.4. The molecule has 0 saturated heterocycles. The van der Waals surface area contributed by atoms with Crippen molar-refractivity contribution >= 4 is 5.69 Å². The van der Waals surface area contributed by atoms with E-state index in [1.165, 1.54) is 24.3 Å². The van der Waals surface area contributed by atoms with Gasteiger partial charge in [0.2, 0.25) is 0 Å². The van der Waals surface area contributed by atoms with E-state index in [1.807, 2.05) is 0 Å². The van der Waals surface area contributed by atoms with Crippen LogP contribution in [-0.4, -0.2) is 4.92 Å². The van der Waals surface area contributed by atoms with Gasteiger partial charge in [-0.15, -0.1) is 0 Å². The Balaban J connectivity index is 0.00000180. The average molecular weight is 512 g/mol. The van der Waals surface area contributed by atoms with E-state index in [4.69, 9.17) is 0 Å². The van der Waals surface area contributed by atoms with Gasteiger partial charge < -0.3 is 0 Å². The number of nitro benzene ring substituents is 1. The van der Waals surface area contributed by atoms with Gasteiger partial charge in [0.05, 0.1) is 10.5 Å². The molecule has 3 nitrogen and oxygen atoms in total. The van der Waals surface area contributed by atoms with Gasteiger partial charge >= 0.3 is 0 Å². The topological polar surface area (TPSA) is 43.1 Å². The monoisotopic (exact) mass is 512 g/mol. The van der Waals surface area contributed by atoms with Crippen LogP contribution in [0.2, 0.25) is 0 Å². The van der Waals surface area contributed by atoms with Crippen molar-refractivity contribution in [3.8, 4) is 11.1 Å². The molecular formula is C12H6F3NNoO2. The van der Waals surface area contributed by atoms with Gasteiger partial charge in [-0.25, -0.2) is 13.2 Å². The summed E-state index contributed by atoms with van der Waals surface area (Å²) in [7, 11) is 0. The zero-order valence-electron chi connectivity index (χ0n) is 9.13. The predicted molar refractivity (Wildman–Crippen MR) is 58.4 cm³/mol. The summed E-state index contributed by atoms with van der Waals surface area (Å²) in [5.41, 5.74) is -0.359. The fraction of sp³-hybridized carbons (Fsp3) is 0. The van der Waals surface area contributed by atoms with Crippen LogP contribution in [0.25, 0.3) is 11.1 Å². The summed E-state index contributed by atoms with van der Waals surface area (Å²) in [6.45, 7) is 0. The molecule has 0 unspecified atom stereocenters. The first kappa shape index (κ1) is 13.7. The Morgan fingerprint density at radius 3 is 2.05 bits per heavy atom. The van der Waals surface area contributed by atoms with Crippen LogP contribution in [-0.2, 0) is 0 Å². The van der Waals surface area contributed by atoms with Gasteiger partial charge in [-0.1, -0.05) is 12.1 Å². The molecule has 0 amide bonds. The fourth-order valence-corrected chi connectivity index (χ4v) is 1.59. The van der Waals surface area contributed by atoms with Crippen molar-refractivity contribution in [3.63, 3.8) is 0 Å². The van der Waals surface area contributed by atoms with Crippen LogP contribution >= 0.6 is 0 Å². The van der Waals surface area contributed by atoms with Gasteiger partial charge in [-0.2, -0.15) is 0 Å². The maximum absolute atomic E-state index is 13.1. The average Bonchev–Trinajstić information content (AvgIpc) is 2.35. The molecule has 0 aromatic heterocycles. The van der Waals surface area contributed by atoms with Crippen LogP contribution < -0.4 is 0 Å². The summed E-state index contributed by atoms with van der Waals surface area (Å²) < 4.78 is 38.9. The van der Waals surface area contributed by atoms with Gasteiger partial charge in [0.1, 0.15) is 0 Å². The Labute approximate surface area is 99.6 Å². The Morgan fingerprint density at radius 2 is 1.53 bits per heavy atom. The summed E-state index contributed by atoms with van der Waals surface area (Å²) in [5.74, 6) is -4.37. The van der Waals surface area contributed by atoms with Gasteiger partial charge in [0.15, 0.2) is 17.5 Å². The summed E-state index contributed by atoms with van der Waals surface area (Å²) >= 11 is 0. The fourth-order valence-electron chi connectivity index (χ4n) is 1.59. The number of hydrogen-bond donors (Lipinski definition) is 0. The first-order chi connectivity index (χ1) is 8.50. The maximum Gasteiger partial charge on any atom is 0.277 e. The van der Waals surface area contributed by atoms with Crippen LogP contribution in [0.15, 0.2) is 36.4 Å². The summed E-state index contributed by atoms with van der Waals surface area (Å²) in [6, 6.07) is 6.90. The Morgan fingerprint density at radius 1 is 1.00 bits per heavy atom. The SMILES string of the molecule is O=[N+]([O-])c1ccccc1-c1cc(F)c(F)c(F)c1.[No]. The quantitative estimate of drug-likeness (QED) is 0.350. The molecule has 0 bridgehead atoms. The molecule has 2 aromatic carbocycles. The van der Waals surface area contributed by atoms with E-state index in [9.17, 15) is 23.3 Å². The van der Waals surface area contributed by atoms with E-state index in [1.54, 1.807) is 0 Å². The zero-order chi connectivity index (χ0) is 13.3. The molecular weight excluding hydrogens is 506 g/mol. The largest absolute Gasteiger partial charge is 0.277 e. The molecule has 0 spiro atoms. The van der Waals surface area contributed by atoms with E-state index in [0.717, 1.165) is 12.1 Å². The first-order valence-electron chi connectivity index (χ1n) is 4.89. The smallest absolute Gasteiger partial charge is 0.258 e. The second kappa shape index (κ2) is 4.87. The molecule has 0 atom stereocenters. The second-order valence-corrected chi connectivity index (χ2v) is 3.53. The van der Waals surface area contributed by atoms with Crippen molar-refractivity contribution in [1.29, 1.82) is 0 Å². The minimum absolute atomic E-state index is 0. The van der Waals surface area contributed by atoms with Crippen molar-refractivity contribution in [3.05, 3.63) is 64.0 Å². The molecule has 7 heteroatoms. The Bertz CT molecular complexity index is 611. The van der Waals surface area contributed by atoms with Crippen molar-refractivity contribution in [2.75, 3.05) is 0 Å². The third kappa shape index (κ3) is 2.33. The van der Waals surface area contributed by atoms with Crippen LogP contribution in [0, 0.1) is 27.6 Å². The van der Waals surface area contributed by atoms with Gasteiger partial charge in [0, 0.05) is 6.07 Å². The number of nitro groups is 1. The number of hydrogen-bond acceptors (Lipinski definition) is 2. The Kier molecular flexibility index (Phi) is 3.51. The maximum atomic E-state index is 13.1. The van der Waals surface area contributed by atoms with Gasteiger partial charge in [-0.3, -0.25) is 10.1 Å². The third-order valence-corrected chi connectivity index (χ3v) is 2.40. The van der Waals surface area contributed by atoms with Crippen molar-refractivity contribution in [1.82, 2.24) is 0 Å². The number of halogens is 3. The molecule has 0 fully saturated rings. The molecule has 2 aromatic rings. The normalized spacial score (nSPS) is 9.84. The van der Waals surface area contributed by atoms with Gasteiger partial charge in [0.25, 0.3) is 5.69 Å². The van der Waals surface area contributed by atoms with Crippen LogP contribution in [0.5, 0.6) is 0 Å². The van der Waals surface area contributed by atoms with E-state index in [-0.39, 0.29) is 16.8 Å². The summed E-state index contributed by atoms with van der Waals surface area (Å²) in [4.78, 5) is 10.1. The molecule has 0 aliphatic heterocycles. The van der Waals surface area contributed by atoms with Crippen molar-refractivity contribution < 1.29 is 18.1 Å². The number of nitrogens with zero attached hydrogens (tertiary/aromatic N) is 1. The molecule has 0 aliphatic carbocycles. The Hall–Kier alpha value is -3.37. The van der Waals surface area contributed by atoms with Crippen LogP contribution in [0.3, 0.4) is 0 Å². The molecule has 19 heavy (non-hydrogen) atoms. The van der Waals surface area contributed by atoms with E-state index in [2.05, 4.69) is 0 Å². The van der Waals surface area contributed by atoms with Crippen molar-refractivity contribution in [2.45, 2.75) is 0 Å². The van der Waals surface area contributed by atoms with Gasteiger partial charge in [-0.05, 0) is 23.8 Å². The van der Waals surface area contributed by atoms with Crippen molar-refractivity contribution in [2.24, 2.45) is 0 Å². The van der Waals surface area contributed by atoms with E-state index in [0.29, 0.717) is 0 Å². The number of rotatable bonds is 2. The molecule has 0 aliphatic rings. The standard InChI is InChI=1S/C12H6F3NO2.No/c13-9-5-7(6-10(14)12(9)15)8-3-1-2-4-11(8)16(17)18;/h1-6H;. The van der Waals surface area contributed by atoms with Crippen LogP contribution in [0.4, 0.5) is 18.9 Å². The molecule has 106 valence electrons. The molecule has 0 saturated carbocycles. The summed E-state index contributed by atoms with van der Waals surface area (Å²) in [5, 5.41) is 10.8. The minimum Gasteiger partial charge on any atom is -0.258 e. The molecule has 0 N–H and O–H groups in total.